The summed E-state index contributed by atoms with van der Waals surface area (Å²) in [5, 5.41) is 7.12. The molecule has 3 heterocycles. The predicted molar refractivity (Wildman–Crippen MR) is 147 cm³/mol. The minimum atomic E-state index is -0.767. The van der Waals surface area contributed by atoms with Crippen molar-refractivity contribution in [2.45, 2.75) is 64.9 Å². The minimum Gasteiger partial charge on any atom is -0.444 e. The number of anilines is 2. The molecule has 1 aliphatic heterocycles. The average Bonchev–Trinajstić information content (AvgIpc) is 3.39. The zero-order valence-electron chi connectivity index (χ0n) is 23.2. The Morgan fingerprint density at radius 1 is 1.12 bits per heavy atom. The number of rotatable bonds is 5. The number of carbonyl (C=O) groups is 1. The van der Waals surface area contributed by atoms with Crippen molar-refractivity contribution in [1.29, 1.82) is 0 Å². The van der Waals surface area contributed by atoms with E-state index < -0.39 is 23.3 Å². The first-order valence-electron chi connectivity index (χ1n) is 13.3. The van der Waals surface area contributed by atoms with Gasteiger partial charge in [0.15, 0.2) is 5.82 Å². The maximum atomic E-state index is 15.0. The molecule has 0 bridgehead atoms. The number of amides is 1. The first-order chi connectivity index (χ1) is 19.0. The van der Waals surface area contributed by atoms with Gasteiger partial charge in [-0.1, -0.05) is 25.1 Å². The molecule has 11 heteroatoms. The quantitative estimate of drug-likeness (QED) is 0.289. The number of hydrogen-bond donors (Lipinski definition) is 1. The van der Waals surface area contributed by atoms with E-state index in [0.717, 1.165) is 18.7 Å². The number of ether oxygens (including phenoxy) is 1. The molecule has 1 saturated heterocycles. The molecule has 0 aliphatic carbocycles. The molecule has 40 heavy (non-hydrogen) atoms. The third-order valence-corrected chi connectivity index (χ3v) is 6.71. The largest absolute Gasteiger partial charge is 0.444 e. The van der Waals surface area contributed by atoms with E-state index in [1.807, 2.05) is 13.8 Å². The van der Waals surface area contributed by atoms with Gasteiger partial charge in [0, 0.05) is 35.9 Å². The third kappa shape index (κ3) is 5.88. The summed E-state index contributed by atoms with van der Waals surface area (Å²) in [6.07, 6.45) is 2.26. The Bertz CT molecular complexity index is 1540. The summed E-state index contributed by atoms with van der Waals surface area (Å²) in [6.45, 7) is 10.5. The van der Waals surface area contributed by atoms with E-state index in [0.29, 0.717) is 46.8 Å². The van der Waals surface area contributed by atoms with Crippen molar-refractivity contribution in [3.63, 3.8) is 0 Å². The molecule has 1 amide bonds. The fourth-order valence-corrected chi connectivity index (χ4v) is 4.79. The lowest BCUT2D eigenvalue weighted by molar-refractivity contribution is 0.0635. The SMILES string of the molecule is CC(C)c1nc(C2CCN(c3ncnc4c(-c5ccc(NC(=O)OC(C)(C)C)c(F)c5)cc(F)cc34)CC2)no1. The Morgan fingerprint density at radius 3 is 2.52 bits per heavy atom. The van der Waals surface area contributed by atoms with Gasteiger partial charge in [0.2, 0.25) is 5.89 Å². The van der Waals surface area contributed by atoms with Crippen LogP contribution in [-0.4, -0.2) is 44.9 Å². The van der Waals surface area contributed by atoms with E-state index in [4.69, 9.17) is 9.26 Å². The van der Waals surface area contributed by atoms with Gasteiger partial charge in [-0.3, -0.25) is 5.32 Å². The summed E-state index contributed by atoms with van der Waals surface area (Å²) in [5.74, 6) is 1.14. The maximum absolute atomic E-state index is 15.0. The summed E-state index contributed by atoms with van der Waals surface area (Å²) in [7, 11) is 0. The van der Waals surface area contributed by atoms with Crippen molar-refractivity contribution >= 4 is 28.5 Å². The zero-order chi connectivity index (χ0) is 28.6. The van der Waals surface area contributed by atoms with Gasteiger partial charge in [0.25, 0.3) is 0 Å². The Hall–Kier alpha value is -4.15. The topological polar surface area (TPSA) is 106 Å². The molecular weight excluding hydrogens is 518 g/mol. The van der Waals surface area contributed by atoms with Crippen LogP contribution in [0.15, 0.2) is 41.2 Å². The fourth-order valence-electron chi connectivity index (χ4n) is 4.79. The molecule has 1 fully saturated rings. The number of nitrogens with one attached hydrogen (secondary N) is 1. The second kappa shape index (κ2) is 10.8. The van der Waals surface area contributed by atoms with Gasteiger partial charge in [0.1, 0.15) is 29.4 Å². The maximum Gasteiger partial charge on any atom is 0.412 e. The standard InChI is InChI=1S/C29H32F2N6O3/c1-16(2)27-35-25(36-40-27)17-8-10-37(11-9-17)26-21-14-19(30)13-20(24(21)32-15-33-26)18-6-7-23(22(31)12-18)34-28(38)39-29(3,4)5/h6-7,12-17H,8-11H2,1-5H3,(H,34,38). The Morgan fingerprint density at radius 2 is 1.88 bits per heavy atom. The molecule has 0 unspecified atom stereocenters. The second-order valence-corrected chi connectivity index (χ2v) is 11.3. The van der Waals surface area contributed by atoms with E-state index in [2.05, 4.69) is 30.3 Å². The van der Waals surface area contributed by atoms with Crippen molar-refractivity contribution in [3.05, 3.63) is 60.0 Å². The average molecular weight is 551 g/mol. The van der Waals surface area contributed by atoms with Gasteiger partial charge in [-0.05, 0) is 63.4 Å². The van der Waals surface area contributed by atoms with Gasteiger partial charge in [-0.2, -0.15) is 4.98 Å². The van der Waals surface area contributed by atoms with Crippen molar-refractivity contribution in [2.75, 3.05) is 23.3 Å². The first kappa shape index (κ1) is 27.4. The normalized spacial score (nSPS) is 14.7. The molecule has 210 valence electrons. The molecule has 0 saturated carbocycles. The lowest BCUT2D eigenvalue weighted by atomic mass is 9.95. The zero-order valence-corrected chi connectivity index (χ0v) is 23.2. The highest BCUT2D eigenvalue weighted by Gasteiger charge is 2.27. The number of aromatic nitrogens is 4. The monoisotopic (exact) mass is 550 g/mol. The van der Waals surface area contributed by atoms with Crippen molar-refractivity contribution in [1.82, 2.24) is 20.1 Å². The Labute approximate surface area is 231 Å². The molecule has 0 spiro atoms. The summed E-state index contributed by atoms with van der Waals surface area (Å²) in [5.41, 5.74) is 0.569. The van der Waals surface area contributed by atoms with Crippen molar-refractivity contribution < 1.29 is 22.8 Å². The van der Waals surface area contributed by atoms with Gasteiger partial charge in [0.05, 0.1) is 11.2 Å². The lowest BCUT2D eigenvalue weighted by Crippen LogP contribution is -2.34. The number of halogens is 2. The fraction of sp³-hybridized carbons (Fsp3) is 0.414. The van der Waals surface area contributed by atoms with Gasteiger partial charge in [-0.25, -0.2) is 23.5 Å². The Balaban J connectivity index is 1.39. The molecule has 4 aromatic rings. The van der Waals surface area contributed by atoms with Crippen molar-refractivity contribution in [3.8, 4) is 11.1 Å². The molecule has 1 aliphatic rings. The summed E-state index contributed by atoms with van der Waals surface area (Å²) >= 11 is 0. The van der Waals surface area contributed by atoms with Crippen LogP contribution in [0, 0.1) is 11.6 Å². The smallest absolute Gasteiger partial charge is 0.412 e. The predicted octanol–water partition coefficient (Wildman–Crippen LogP) is 6.81. The summed E-state index contributed by atoms with van der Waals surface area (Å²) < 4.78 is 40.5. The minimum absolute atomic E-state index is 0.0426. The van der Waals surface area contributed by atoms with Gasteiger partial charge >= 0.3 is 6.09 Å². The molecular formula is C29H32F2N6O3. The van der Waals surface area contributed by atoms with E-state index >= 15 is 4.39 Å². The highest BCUT2D eigenvalue weighted by molar-refractivity contribution is 5.99. The van der Waals surface area contributed by atoms with Crippen LogP contribution in [0.3, 0.4) is 0 Å². The van der Waals surface area contributed by atoms with Gasteiger partial charge < -0.3 is 14.2 Å². The number of nitrogens with zero attached hydrogens (tertiary/aromatic N) is 5. The van der Waals surface area contributed by atoms with Crippen LogP contribution >= 0.6 is 0 Å². The summed E-state index contributed by atoms with van der Waals surface area (Å²) in [6, 6.07) is 6.99. The van der Waals surface area contributed by atoms with E-state index in [1.54, 1.807) is 26.8 Å². The van der Waals surface area contributed by atoms with E-state index in [-0.39, 0.29) is 17.5 Å². The molecule has 9 nitrogen and oxygen atoms in total. The number of carbonyl (C=O) groups excluding carboxylic acids is 1. The van der Waals surface area contributed by atoms with Crippen LogP contribution in [0.5, 0.6) is 0 Å². The van der Waals surface area contributed by atoms with Crippen LogP contribution in [-0.2, 0) is 4.74 Å². The van der Waals surface area contributed by atoms with Crippen LogP contribution in [0.1, 0.15) is 71.0 Å². The first-order valence-corrected chi connectivity index (χ1v) is 13.3. The summed E-state index contributed by atoms with van der Waals surface area (Å²) in [4.78, 5) is 27.7. The number of hydrogen-bond acceptors (Lipinski definition) is 8. The van der Waals surface area contributed by atoms with E-state index in [1.165, 1.54) is 30.6 Å². The molecule has 2 aromatic carbocycles. The van der Waals surface area contributed by atoms with Gasteiger partial charge in [-0.15, -0.1) is 0 Å². The van der Waals surface area contributed by atoms with Crippen LogP contribution in [0.2, 0.25) is 0 Å². The molecule has 1 N–H and O–H groups in total. The van der Waals surface area contributed by atoms with Crippen molar-refractivity contribution in [2.24, 2.45) is 0 Å². The number of piperidine rings is 1. The van der Waals surface area contributed by atoms with Crippen LogP contribution in [0.4, 0.5) is 25.1 Å². The molecule has 2 aromatic heterocycles. The molecule has 5 rings (SSSR count). The Kier molecular flexibility index (Phi) is 7.39. The molecule has 0 radical (unpaired) electrons. The van der Waals surface area contributed by atoms with Crippen LogP contribution < -0.4 is 10.2 Å². The highest BCUT2D eigenvalue weighted by atomic mass is 19.1. The van der Waals surface area contributed by atoms with Crippen LogP contribution in [0.25, 0.3) is 22.0 Å². The lowest BCUT2D eigenvalue weighted by Gasteiger charge is -2.32. The second-order valence-electron chi connectivity index (χ2n) is 11.3. The number of fused-ring (bicyclic) bond motifs is 1. The van der Waals surface area contributed by atoms with E-state index in [9.17, 15) is 9.18 Å². The third-order valence-electron chi connectivity index (χ3n) is 6.71. The molecule has 0 atom stereocenters. The highest BCUT2D eigenvalue weighted by Crippen LogP contribution is 2.36. The number of benzene rings is 2.